The molecule has 1 saturated carbocycles. The van der Waals surface area contributed by atoms with Gasteiger partial charge in [0, 0.05) is 36.8 Å². The van der Waals surface area contributed by atoms with E-state index < -0.39 is 15.0 Å². The van der Waals surface area contributed by atoms with Crippen molar-refractivity contribution >= 4 is 25.6 Å². The third-order valence-corrected chi connectivity index (χ3v) is 4.78. The molecule has 7 nitrogen and oxygen atoms in total. The molecule has 1 heterocycles. The zero-order chi connectivity index (χ0) is 15.6. The molecule has 1 amide bonds. The number of carbonyl (C=O) groups excluding carboxylic acids is 1. The molecule has 0 aliphatic heterocycles. The van der Waals surface area contributed by atoms with Gasteiger partial charge >= 0.3 is 0 Å². The normalized spacial score (nSPS) is 15.2. The van der Waals surface area contributed by atoms with Crippen LogP contribution in [0, 0.1) is 0 Å². The third-order valence-electron chi connectivity index (χ3n) is 3.41. The van der Waals surface area contributed by atoms with Gasteiger partial charge in [-0.15, -0.1) is 0 Å². The van der Waals surface area contributed by atoms with Crippen LogP contribution in [0.1, 0.15) is 41.9 Å². The van der Waals surface area contributed by atoms with Gasteiger partial charge in [0.2, 0.25) is 0 Å². The summed E-state index contributed by atoms with van der Waals surface area (Å²) in [4.78, 5) is 13.8. The summed E-state index contributed by atoms with van der Waals surface area (Å²) in [5, 5.41) is 6.57. The summed E-state index contributed by atoms with van der Waals surface area (Å²) >= 11 is 0. The van der Waals surface area contributed by atoms with Crippen molar-refractivity contribution in [1.82, 2.24) is 15.1 Å². The largest absolute Gasteiger partial charge is 0.383 e. The Morgan fingerprint density at radius 3 is 2.67 bits per heavy atom. The lowest BCUT2D eigenvalue weighted by atomic mass is 10.2. The Balaban J connectivity index is 2.36. The average Bonchev–Trinajstić information content (AvgIpc) is 3.16. The van der Waals surface area contributed by atoms with E-state index in [4.69, 9.17) is 15.4 Å². The SMILES string of the molecule is CCN(CCOC)C(=O)c1n[nH]c(C2CC2)c1S(=O)(=O)Cl. The first kappa shape index (κ1) is 16.3. The maximum atomic E-state index is 12.5. The third kappa shape index (κ3) is 3.56. The number of halogens is 1. The Morgan fingerprint density at radius 1 is 1.52 bits per heavy atom. The van der Waals surface area contributed by atoms with Crippen molar-refractivity contribution in [3.8, 4) is 0 Å². The van der Waals surface area contributed by atoms with E-state index in [9.17, 15) is 13.2 Å². The minimum Gasteiger partial charge on any atom is -0.383 e. The van der Waals surface area contributed by atoms with Crippen molar-refractivity contribution in [3.05, 3.63) is 11.4 Å². The smallest absolute Gasteiger partial charge is 0.275 e. The number of hydrogen-bond acceptors (Lipinski definition) is 5. The van der Waals surface area contributed by atoms with Crippen LogP contribution in [0.15, 0.2) is 4.90 Å². The molecule has 2 rings (SSSR count). The highest BCUT2D eigenvalue weighted by Crippen LogP contribution is 2.43. The van der Waals surface area contributed by atoms with E-state index >= 15 is 0 Å². The topological polar surface area (TPSA) is 92.4 Å². The van der Waals surface area contributed by atoms with Gasteiger partial charge in [-0.1, -0.05) is 0 Å². The van der Waals surface area contributed by atoms with Gasteiger partial charge in [0.05, 0.1) is 12.3 Å². The van der Waals surface area contributed by atoms with E-state index in [0.717, 1.165) is 12.8 Å². The predicted octanol–water partition coefficient (Wildman–Crippen LogP) is 1.32. The molecule has 9 heteroatoms. The van der Waals surface area contributed by atoms with Gasteiger partial charge in [-0.25, -0.2) is 8.42 Å². The van der Waals surface area contributed by atoms with Gasteiger partial charge in [0.1, 0.15) is 4.90 Å². The molecule has 0 saturated heterocycles. The number of H-pyrrole nitrogens is 1. The predicted molar refractivity (Wildman–Crippen MR) is 77.1 cm³/mol. The van der Waals surface area contributed by atoms with Crippen LogP contribution in [0.25, 0.3) is 0 Å². The van der Waals surface area contributed by atoms with Crippen LogP contribution in [-0.2, 0) is 13.8 Å². The fraction of sp³-hybridized carbons (Fsp3) is 0.667. The summed E-state index contributed by atoms with van der Waals surface area (Å²) in [7, 11) is 3.00. The fourth-order valence-corrected chi connectivity index (χ4v) is 3.45. The molecule has 0 radical (unpaired) electrons. The number of ether oxygens (including phenoxy) is 1. The Bertz CT molecular complexity index is 624. The summed E-state index contributed by atoms with van der Waals surface area (Å²) < 4.78 is 28.6. The van der Waals surface area contributed by atoms with E-state index in [1.165, 1.54) is 12.0 Å². The van der Waals surface area contributed by atoms with Crippen LogP contribution in [-0.4, -0.2) is 56.2 Å². The minimum absolute atomic E-state index is 0.0941. The Kier molecular flexibility index (Phi) is 4.90. The second-order valence-electron chi connectivity index (χ2n) is 4.90. The highest BCUT2D eigenvalue weighted by molar-refractivity contribution is 8.13. The molecule has 0 bridgehead atoms. The number of likely N-dealkylation sites (N-methyl/N-ethyl adjacent to an activating group) is 1. The lowest BCUT2D eigenvalue weighted by molar-refractivity contribution is 0.0697. The van der Waals surface area contributed by atoms with E-state index in [1.807, 2.05) is 0 Å². The highest BCUT2D eigenvalue weighted by atomic mass is 35.7. The molecule has 1 aromatic rings. The number of nitrogens with zero attached hydrogens (tertiary/aromatic N) is 2. The summed E-state index contributed by atoms with van der Waals surface area (Å²) in [6, 6.07) is 0. The first-order valence-corrected chi connectivity index (χ1v) is 9.02. The lowest BCUT2D eigenvalue weighted by Gasteiger charge is -2.19. The van der Waals surface area contributed by atoms with Crippen LogP contribution in [0.4, 0.5) is 0 Å². The molecule has 0 unspecified atom stereocenters. The van der Waals surface area contributed by atoms with Gasteiger partial charge in [-0.05, 0) is 19.8 Å². The van der Waals surface area contributed by atoms with E-state index in [1.54, 1.807) is 6.92 Å². The number of rotatable bonds is 7. The molecule has 0 atom stereocenters. The Morgan fingerprint density at radius 2 is 2.19 bits per heavy atom. The molecule has 0 aromatic carbocycles. The monoisotopic (exact) mass is 335 g/mol. The van der Waals surface area contributed by atoms with E-state index in [0.29, 0.717) is 25.4 Å². The first-order valence-electron chi connectivity index (χ1n) is 6.71. The minimum atomic E-state index is -4.03. The molecule has 118 valence electrons. The van der Waals surface area contributed by atoms with Gasteiger partial charge in [-0.3, -0.25) is 9.89 Å². The number of carbonyl (C=O) groups is 1. The summed E-state index contributed by atoms with van der Waals surface area (Å²) in [6.07, 6.45) is 1.74. The van der Waals surface area contributed by atoms with Gasteiger partial charge < -0.3 is 9.64 Å². The van der Waals surface area contributed by atoms with Crippen molar-refractivity contribution in [3.63, 3.8) is 0 Å². The second kappa shape index (κ2) is 6.33. The molecular formula is C12H18ClN3O4S. The number of nitrogens with one attached hydrogen (secondary N) is 1. The Hall–Kier alpha value is -1.12. The maximum absolute atomic E-state index is 12.5. The molecule has 1 fully saturated rings. The number of aromatic amines is 1. The van der Waals surface area contributed by atoms with Crippen LogP contribution in [0.3, 0.4) is 0 Å². The van der Waals surface area contributed by atoms with Crippen molar-refractivity contribution < 1.29 is 17.9 Å². The zero-order valence-electron chi connectivity index (χ0n) is 11.9. The van der Waals surface area contributed by atoms with Crippen LogP contribution in [0.5, 0.6) is 0 Å². The van der Waals surface area contributed by atoms with Crippen molar-refractivity contribution in [2.75, 3.05) is 26.8 Å². The van der Waals surface area contributed by atoms with Crippen LogP contribution in [0.2, 0.25) is 0 Å². The van der Waals surface area contributed by atoms with Gasteiger partial charge in [0.25, 0.3) is 15.0 Å². The quantitative estimate of drug-likeness (QED) is 0.759. The molecular weight excluding hydrogens is 318 g/mol. The van der Waals surface area contributed by atoms with Crippen LogP contribution >= 0.6 is 10.7 Å². The zero-order valence-corrected chi connectivity index (χ0v) is 13.5. The lowest BCUT2D eigenvalue weighted by Crippen LogP contribution is -2.34. The summed E-state index contributed by atoms with van der Waals surface area (Å²) in [5.74, 6) is -0.367. The molecule has 1 N–H and O–H groups in total. The standard InChI is InChI=1S/C12H18ClN3O4S/c1-3-16(6-7-20-2)12(17)10-11(21(13,18)19)9(14-15-10)8-4-5-8/h8H,3-7H2,1-2H3,(H,14,15). The number of amides is 1. The average molecular weight is 336 g/mol. The fourth-order valence-electron chi connectivity index (χ4n) is 2.14. The van der Waals surface area contributed by atoms with Crippen molar-refractivity contribution in [2.45, 2.75) is 30.6 Å². The molecule has 0 spiro atoms. The van der Waals surface area contributed by atoms with Crippen molar-refractivity contribution in [2.24, 2.45) is 0 Å². The maximum Gasteiger partial charge on any atom is 0.275 e. The highest BCUT2D eigenvalue weighted by Gasteiger charge is 2.37. The molecule has 1 aromatic heterocycles. The van der Waals surface area contributed by atoms with Crippen molar-refractivity contribution in [1.29, 1.82) is 0 Å². The Labute approximate surface area is 128 Å². The van der Waals surface area contributed by atoms with Gasteiger partial charge in [-0.2, -0.15) is 5.10 Å². The van der Waals surface area contributed by atoms with Crippen LogP contribution < -0.4 is 0 Å². The number of aromatic nitrogens is 2. The summed E-state index contributed by atoms with van der Waals surface area (Å²) in [5.41, 5.74) is 0.306. The second-order valence-corrected chi connectivity index (χ2v) is 7.41. The first-order chi connectivity index (χ1) is 9.90. The molecule has 1 aliphatic carbocycles. The summed E-state index contributed by atoms with van der Waals surface area (Å²) in [6.45, 7) is 2.95. The molecule has 21 heavy (non-hydrogen) atoms. The number of hydrogen-bond donors (Lipinski definition) is 1. The molecule has 1 aliphatic rings. The van der Waals surface area contributed by atoms with E-state index in [-0.39, 0.29) is 16.5 Å². The van der Waals surface area contributed by atoms with Gasteiger partial charge in [0.15, 0.2) is 5.69 Å². The van der Waals surface area contributed by atoms with E-state index in [2.05, 4.69) is 10.2 Å². The number of methoxy groups -OCH3 is 1.